The predicted molar refractivity (Wildman–Crippen MR) is 167 cm³/mol. The van der Waals surface area contributed by atoms with Gasteiger partial charge in [0.15, 0.2) is 0 Å². The molecule has 216 valence electrons. The molecular formula is C35H44N2O3Si. The van der Waals surface area contributed by atoms with Crippen LogP contribution in [-0.2, 0) is 15.8 Å². The first-order valence-electron chi connectivity index (χ1n) is 14.6. The number of benzene rings is 3. The maximum atomic E-state index is 12.8. The standard InChI is InChI=1S/C35H44N2O3Si/c1-33(2,3)41(29-18-12-8-13-19-29,30-20-14-9-15-21-30)40-26-28-22-23-35(6,34(28,4)5)31(24-36)37-32(38)39-25-27-16-10-7-11-17-27/h7-21,28,31H,22-23,25-26H2,1-6H3,(H,37,38)/t28-,31?,35+/m1/s1. The summed E-state index contributed by atoms with van der Waals surface area (Å²) in [7, 11) is -2.69. The van der Waals surface area contributed by atoms with Crippen molar-refractivity contribution >= 4 is 24.8 Å². The predicted octanol–water partition coefficient (Wildman–Crippen LogP) is 6.82. The molecule has 0 heterocycles. The smallest absolute Gasteiger partial charge is 0.408 e. The summed E-state index contributed by atoms with van der Waals surface area (Å²) in [6, 6.07) is 32.7. The van der Waals surface area contributed by atoms with Crippen LogP contribution in [0.5, 0.6) is 0 Å². The van der Waals surface area contributed by atoms with Crippen molar-refractivity contribution < 1.29 is 14.0 Å². The zero-order valence-corrected chi connectivity index (χ0v) is 26.3. The summed E-state index contributed by atoms with van der Waals surface area (Å²) in [5.74, 6) is 0.215. The molecule has 41 heavy (non-hydrogen) atoms. The van der Waals surface area contributed by atoms with Gasteiger partial charge in [-0.2, -0.15) is 5.26 Å². The number of ether oxygens (including phenoxy) is 1. The maximum Gasteiger partial charge on any atom is 0.408 e. The summed E-state index contributed by atoms with van der Waals surface area (Å²) >= 11 is 0. The van der Waals surface area contributed by atoms with E-state index in [1.165, 1.54) is 10.4 Å². The molecule has 0 spiro atoms. The summed E-state index contributed by atoms with van der Waals surface area (Å²) in [5.41, 5.74) is 0.183. The van der Waals surface area contributed by atoms with Gasteiger partial charge in [-0.1, -0.05) is 133 Å². The largest absolute Gasteiger partial charge is 0.445 e. The lowest BCUT2D eigenvalue weighted by atomic mass is 9.62. The molecule has 0 bridgehead atoms. The zero-order valence-electron chi connectivity index (χ0n) is 25.3. The van der Waals surface area contributed by atoms with Gasteiger partial charge in [0.25, 0.3) is 8.32 Å². The Morgan fingerprint density at radius 1 is 0.951 bits per heavy atom. The highest BCUT2D eigenvalue weighted by atomic mass is 28.4. The molecule has 0 aliphatic heterocycles. The molecule has 3 atom stereocenters. The number of alkyl carbamates (subject to hydrolysis) is 1. The Morgan fingerprint density at radius 3 is 1.95 bits per heavy atom. The molecule has 3 aromatic rings. The van der Waals surface area contributed by atoms with E-state index < -0.39 is 25.9 Å². The highest BCUT2D eigenvalue weighted by Crippen LogP contribution is 2.58. The van der Waals surface area contributed by atoms with E-state index in [4.69, 9.17) is 9.16 Å². The van der Waals surface area contributed by atoms with E-state index in [2.05, 4.69) is 114 Å². The van der Waals surface area contributed by atoms with E-state index in [9.17, 15) is 10.1 Å². The number of carbonyl (C=O) groups excluding carboxylic acids is 1. The molecule has 1 aliphatic carbocycles. The molecule has 0 saturated heterocycles. The van der Waals surface area contributed by atoms with Crippen LogP contribution in [0.25, 0.3) is 0 Å². The van der Waals surface area contributed by atoms with Crippen molar-refractivity contribution in [3.8, 4) is 6.07 Å². The summed E-state index contributed by atoms with van der Waals surface area (Å²) in [5, 5.41) is 15.5. The van der Waals surface area contributed by atoms with Crippen molar-refractivity contribution in [2.24, 2.45) is 16.7 Å². The number of hydrogen-bond donors (Lipinski definition) is 1. The van der Waals surface area contributed by atoms with Crippen LogP contribution >= 0.6 is 0 Å². The minimum absolute atomic E-state index is 0.110. The molecule has 4 rings (SSSR count). The number of nitrogens with zero attached hydrogens (tertiary/aromatic N) is 1. The summed E-state index contributed by atoms with van der Waals surface area (Å²) < 4.78 is 12.8. The second-order valence-corrected chi connectivity index (χ2v) is 17.4. The van der Waals surface area contributed by atoms with Crippen molar-refractivity contribution in [2.45, 2.75) is 72.1 Å². The van der Waals surface area contributed by atoms with E-state index in [-0.39, 0.29) is 23.0 Å². The Bertz CT molecular complexity index is 1290. The number of nitriles is 1. The van der Waals surface area contributed by atoms with Crippen LogP contribution in [0, 0.1) is 28.1 Å². The van der Waals surface area contributed by atoms with Crippen LogP contribution in [0.3, 0.4) is 0 Å². The molecular weight excluding hydrogens is 524 g/mol. The molecule has 1 fully saturated rings. The van der Waals surface area contributed by atoms with E-state index in [1.54, 1.807) is 0 Å². The molecule has 5 nitrogen and oxygen atoms in total. The van der Waals surface area contributed by atoms with Crippen molar-refractivity contribution in [1.82, 2.24) is 5.32 Å². The summed E-state index contributed by atoms with van der Waals surface area (Å²) in [6.07, 6.45) is 1.16. The van der Waals surface area contributed by atoms with Gasteiger partial charge in [0.05, 0.1) is 6.07 Å². The van der Waals surface area contributed by atoms with Crippen molar-refractivity contribution in [2.75, 3.05) is 6.61 Å². The van der Waals surface area contributed by atoms with Crippen LogP contribution in [0.15, 0.2) is 91.0 Å². The molecule has 1 N–H and O–H groups in total. The van der Waals surface area contributed by atoms with Crippen LogP contribution in [0.2, 0.25) is 5.04 Å². The molecule has 1 saturated carbocycles. The Labute approximate surface area is 247 Å². The lowest BCUT2D eigenvalue weighted by Gasteiger charge is -2.47. The second kappa shape index (κ2) is 12.2. The normalized spacial score (nSPS) is 21.0. The lowest BCUT2D eigenvalue weighted by Crippen LogP contribution is -2.67. The first kappa shape index (κ1) is 30.6. The highest BCUT2D eigenvalue weighted by molar-refractivity contribution is 6.99. The van der Waals surface area contributed by atoms with Gasteiger partial charge in [-0.25, -0.2) is 4.79 Å². The third kappa shape index (κ3) is 5.98. The van der Waals surface area contributed by atoms with Gasteiger partial charge in [0, 0.05) is 12.0 Å². The molecule has 0 radical (unpaired) electrons. The van der Waals surface area contributed by atoms with Gasteiger partial charge in [-0.3, -0.25) is 0 Å². The lowest BCUT2D eigenvalue weighted by molar-refractivity contribution is 0.0403. The monoisotopic (exact) mass is 568 g/mol. The van der Waals surface area contributed by atoms with Crippen molar-refractivity contribution in [3.63, 3.8) is 0 Å². The number of rotatable bonds is 9. The fourth-order valence-electron chi connectivity index (χ4n) is 6.64. The number of carbonyl (C=O) groups is 1. The summed E-state index contributed by atoms with van der Waals surface area (Å²) in [4.78, 5) is 12.8. The third-order valence-electron chi connectivity index (χ3n) is 9.66. The molecule has 3 aromatic carbocycles. The SMILES string of the molecule is CC1(C)[C@@H](CO[Si](c2ccccc2)(c2ccccc2)C(C)(C)C)CC[C@@]1(C)C(C#N)NC(=O)OCc1ccccc1. The van der Waals surface area contributed by atoms with Gasteiger partial charge >= 0.3 is 6.09 Å². The van der Waals surface area contributed by atoms with E-state index >= 15 is 0 Å². The number of amides is 1. The van der Waals surface area contributed by atoms with Crippen molar-refractivity contribution in [3.05, 3.63) is 96.6 Å². The highest BCUT2D eigenvalue weighted by Gasteiger charge is 2.57. The Kier molecular flexibility index (Phi) is 9.11. The topological polar surface area (TPSA) is 71.3 Å². The van der Waals surface area contributed by atoms with Gasteiger partial charge in [-0.05, 0) is 45.1 Å². The minimum atomic E-state index is -2.69. The van der Waals surface area contributed by atoms with E-state index in [0.717, 1.165) is 18.4 Å². The van der Waals surface area contributed by atoms with Crippen LogP contribution in [-0.4, -0.2) is 27.1 Å². The van der Waals surface area contributed by atoms with Gasteiger partial charge in [0.1, 0.15) is 12.6 Å². The molecule has 1 aliphatic rings. The first-order valence-corrected chi connectivity index (χ1v) is 16.5. The van der Waals surface area contributed by atoms with Crippen LogP contribution in [0.1, 0.15) is 59.9 Å². The molecule has 0 aromatic heterocycles. The number of hydrogen-bond acceptors (Lipinski definition) is 4. The third-order valence-corrected chi connectivity index (χ3v) is 14.7. The second-order valence-electron chi connectivity index (χ2n) is 13.1. The Hall–Kier alpha value is -3.40. The fraction of sp³-hybridized carbons (Fsp3) is 0.429. The van der Waals surface area contributed by atoms with Crippen LogP contribution < -0.4 is 15.7 Å². The molecule has 6 heteroatoms. The first-order chi connectivity index (χ1) is 19.5. The van der Waals surface area contributed by atoms with Gasteiger partial charge in [0.2, 0.25) is 0 Å². The van der Waals surface area contributed by atoms with E-state index in [0.29, 0.717) is 6.61 Å². The minimum Gasteiger partial charge on any atom is -0.445 e. The Morgan fingerprint density at radius 2 is 1.46 bits per heavy atom. The average molecular weight is 569 g/mol. The van der Waals surface area contributed by atoms with E-state index in [1.807, 2.05) is 30.3 Å². The molecule has 1 amide bonds. The number of nitrogens with one attached hydrogen (secondary N) is 1. The average Bonchev–Trinajstić information content (AvgIpc) is 3.20. The van der Waals surface area contributed by atoms with Crippen LogP contribution in [0.4, 0.5) is 4.79 Å². The quantitative estimate of drug-likeness (QED) is 0.288. The van der Waals surface area contributed by atoms with Gasteiger partial charge in [-0.15, -0.1) is 0 Å². The van der Waals surface area contributed by atoms with Crippen molar-refractivity contribution in [1.29, 1.82) is 5.26 Å². The maximum absolute atomic E-state index is 12.8. The zero-order chi connectivity index (χ0) is 29.7. The fourth-order valence-corrected chi connectivity index (χ4v) is 11.2. The molecule has 1 unspecified atom stereocenters. The summed E-state index contributed by atoms with van der Waals surface area (Å²) in [6.45, 7) is 14.2. The van der Waals surface area contributed by atoms with Gasteiger partial charge < -0.3 is 14.5 Å². The Balaban J connectivity index is 1.55.